The van der Waals surface area contributed by atoms with Gasteiger partial charge in [-0.2, -0.15) is 8.75 Å². The van der Waals surface area contributed by atoms with E-state index in [0.29, 0.717) is 27.9 Å². The second kappa shape index (κ2) is 7.75. The lowest BCUT2D eigenvalue weighted by Gasteiger charge is -2.07. The van der Waals surface area contributed by atoms with Crippen LogP contribution < -0.4 is 5.32 Å². The molecule has 1 amide bonds. The average molecular weight is 397 g/mol. The summed E-state index contributed by atoms with van der Waals surface area (Å²) in [7, 11) is 1.53. The Morgan fingerprint density at radius 1 is 1.14 bits per heavy atom. The van der Waals surface area contributed by atoms with Gasteiger partial charge < -0.3 is 19.2 Å². The number of furan rings is 1. The van der Waals surface area contributed by atoms with E-state index in [1.54, 1.807) is 30.3 Å². The van der Waals surface area contributed by atoms with Crippen LogP contribution in [-0.4, -0.2) is 34.3 Å². The van der Waals surface area contributed by atoms with Crippen molar-refractivity contribution >= 4 is 51.3 Å². The largest absolute Gasteiger partial charge is 0.450 e. The molecule has 0 radical (unpaired) electrons. The summed E-state index contributed by atoms with van der Waals surface area (Å²) in [6.45, 7) is -0.275. The van der Waals surface area contributed by atoms with Crippen LogP contribution in [0.1, 0.15) is 16.1 Å². The first-order valence-corrected chi connectivity index (χ1v) is 9.08. The Hall–Kier alpha value is -3.30. The number of para-hydroxylation sites is 1. The zero-order valence-electron chi connectivity index (χ0n) is 14.8. The first-order chi connectivity index (χ1) is 13.7. The van der Waals surface area contributed by atoms with Crippen LogP contribution in [0.25, 0.3) is 22.0 Å². The van der Waals surface area contributed by atoms with Crippen molar-refractivity contribution in [1.29, 1.82) is 0 Å². The summed E-state index contributed by atoms with van der Waals surface area (Å²) in [5, 5.41) is 3.44. The van der Waals surface area contributed by atoms with Crippen molar-refractivity contribution in [1.82, 2.24) is 8.75 Å². The van der Waals surface area contributed by atoms with Crippen molar-refractivity contribution < 1.29 is 23.5 Å². The van der Waals surface area contributed by atoms with E-state index in [4.69, 9.17) is 13.9 Å². The fraction of sp³-hybridized carbons (Fsp3) is 0.158. The van der Waals surface area contributed by atoms with Crippen molar-refractivity contribution in [3.05, 3.63) is 53.8 Å². The van der Waals surface area contributed by atoms with E-state index in [-0.39, 0.29) is 12.4 Å². The summed E-state index contributed by atoms with van der Waals surface area (Å²) >= 11 is 1.06. The summed E-state index contributed by atoms with van der Waals surface area (Å²) < 4.78 is 24.2. The van der Waals surface area contributed by atoms with Crippen LogP contribution in [0.15, 0.2) is 46.9 Å². The van der Waals surface area contributed by atoms with E-state index in [1.165, 1.54) is 7.11 Å². The number of amides is 1. The topological polar surface area (TPSA) is 104 Å². The van der Waals surface area contributed by atoms with Gasteiger partial charge >= 0.3 is 5.97 Å². The smallest absolute Gasteiger partial charge is 0.375 e. The molecule has 0 unspecified atom stereocenters. The number of rotatable bonds is 6. The second-order valence-corrected chi connectivity index (χ2v) is 6.43. The molecule has 0 atom stereocenters. The highest BCUT2D eigenvalue weighted by molar-refractivity contribution is 7.00. The number of esters is 1. The van der Waals surface area contributed by atoms with Crippen molar-refractivity contribution in [3.8, 4) is 0 Å². The number of ether oxygens (including phenoxy) is 2. The van der Waals surface area contributed by atoms with Crippen LogP contribution in [0, 0.1) is 0 Å². The van der Waals surface area contributed by atoms with Crippen molar-refractivity contribution in [2.45, 2.75) is 6.61 Å². The minimum Gasteiger partial charge on any atom is -0.450 e. The fourth-order valence-electron chi connectivity index (χ4n) is 2.84. The predicted octanol–water partition coefficient (Wildman–Crippen LogP) is 3.38. The van der Waals surface area contributed by atoms with Gasteiger partial charge in [0.2, 0.25) is 5.76 Å². The third kappa shape index (κ3) is 3.45. The monoisotopic (exact) mass is 397 g/mol. The molecule has 0 bridgehead atoms. The molecule has 2 heterocycles. The molecule has 8 nitrogen and oxygen atoms in total. The number of nitrogens with one attached hydrogen (secondary N) is 1. The molecular formula is C19H15N3O5S. The quantitative estimate of drug-likeness (QED) is 0.497. The number of methoxy groups -OCH3 is 1. The molecule has 0 fully saturated rings. The van der Waals surface area contributed by atoms with Crippen LogP contribution in [0.4, 0.5) is 5.69 Å². The molecule has 28 heavy (non-hydrogen) atoms. The summed E-state index contributed by atoms with van der Waals surface area (Å²) in [6, 6.07) is 12.5. The van der Waals surface area contributed by atoms with Gasteiger partial charge in [-0.15, -0.1) is 0 Å². The molecule has 0 aliphatic heterocycles. The number of aromatic nitrogens is 2. The van der Waals surface area contributed by atoms with E-state index in [2.05, 4.69) is 14.1 Å². The highest BCUT2D eigenvalue weighted by atomic mass is 32.1. The van der Waals surface area contributed by atoms with Gasteiger partial charge in [-0.1, -0.05) is 24.3 Å². The summed E-state index contributed by atoms with van der Waals surface area (Å²) in [4.78, 5) is 24.7. The van der Waals surface area contributed by atoms with Crippen LogP contribution >= 0.6 is 11.7 Å². The number of hydrogen-bond donors (Lipinski definition) is 1. The van der Waals surface area contributed by atoms with Gasteiger partial charge in [0.15, 0.2) is 6.61 Å². The van der Waals surface area contributed by atoms with Crippen molar-refractivity contribution in [3.63, 3.8) is 0 Å². The Morgan fingerprint density at radius 3 is 2.86 bits per heavy atom. The third-order valence-corrected chi connectivity index (χ3v) is 4.61. The first-order valence-electron chi connectivity index (χ1n) is 8.35. The lowest BCUT2D eigenvalue weighted by molar-refractivity contribution is -0.119. The standard InChI is InChI=1S/C19H15N3O5S/c1-25-9-12-11-5-2-3-8-15(11)27-18(12)19(24)26-10-16(23)20-13-6-4-7-14-17(13)22-28-21-14/h2-8H,9-10H2,1H3,(H,20,23). The van der Waals surface area contributed by atoms with E-state index in [1.807, 2.05) is 12.1 Å². The number of anilines is 1. The summed E-state index contributed by atoms with van der Waals surface area (Å²) in [6.07, 6.45) is 0. The number of fused-ring (bicyclic) bond motifs is 2. The Labute approximate surface area is 163 Å². The van der Waals surface area contributed by atoms with E-state index >= 15 is 0 Å². The normalized spacial score (nSPS) is 11.0. The lowest BCUT2D eigenvalue weighted by atomic mass is 10.1. The Kier molecular flexibility index (Phi) is 5.00. The Morgan fingerprint density at radius 2 is 2.00 bits per heavy atom. The van der Waals surface area contributed by atoms with Gasteiger partial charge in [0.1, 0.15) is 16.6 Å². The van der Waals surface area contributed by atoms with Gasteiger partial charge in [0.25, 0.3) is 5.91 Å². The molecule has 0 saturated heterocycles. The number of nitrogens with zero attached hydrogens (tertiary/aromatic N) is 2. The minimum absolute atomic E-state index is 0.0293. The molecule has 0 spiro atoms. The number of benzene rings is 2. The minimum atomic E-state index is -0.730. The SMILES string of the molecule is COCc1c(C(=O)OCC(=O)Nc2cccc3nsnc23)oc2ccccc12. The lowest BCUT2D eigenvalue weighted by Crippen LogP contribution is -2.21. The van der Waals surface area contributed by atoms with Crippen LogP contribution in [0.5, 0.6) is 0 Å². The molecule has 0 saturated carbocycles. The number of carbonyl (C=O) groups excluding carboxylic acids is 2. The Bertz CT molecular complexity index is 1170. The van der Waals surface area contributed by atoms with Crippen LogP contribution in [-0.2, 0) is 20.9 Å². The van der Waals surface area contributed by atoms with Gasteiger partial charge in [0.05, 0.1) is 24.0 Å². The van der Waals surface area contributed by atoms with E-state index < -0.39 is 18.5 Å². The summed E-state index contributed by atoms with van der Waals surface area (Å²) in [5.74, 6) is -1.19. The molecule has 142 valence electrons. The molecular weight excluding hydrogens is 382 g/mol. The molecule has 4 rings (SSSR count). The molecule has 4 aromatic rings. The second-order valence-electron chi connectivity index (χ2n) is 5.90. The molecule has 1 N–H and O–H groups in total. The zero-order chi connectivity index (χ0) is 19.5. The highest BCUT2D eigenvalue weighted by Crippen LogP contribution is 2.27. The highest BCUT2D eigenvalue weighted by Gasteiger charge is 2.22. The van der Waals surface area contributed by atoms with Gasteiger partial charge in [-0.05, 0) is 18.2 Å². The number of carbonyl (C=O) groups is 2. The van der Waals surface area contributed by atoms with Crippen LogP contribution in [0.3, 0.4) is 0 Å². The van der Waals surface area contributed by atoms with Crippen LogP contribution in [0.2, 0.25) is 0 Å². The maximum absolute atomic E-state index is 12.5. The van der Waals surface area contributed by atoms with Gasteiger partial charge in [-0.3, -0.25) is 4.79 Å². The molecule has 2 aromatic heterocycles. The van der Waals surface area contributed by atoms with Crippen molar-refractivity contribution in [2.75, 3.05) is 19.0 Å². The summed E-state index contributed by atoms with van der Waals surface area (Å²) in [5.41, 5.74) is 2.92. The maximum Gasteiger partial charge on any atom is 0.375 e. The molecule has 0 aliphatic rings. The molecule has 9 heteroatoms. The average Bonchev–Trinajstić information content (AvgIpc) is 3.32. The Balaban J connectivity index is 1.47. The van der Waals surface area contributed by atoms with Gasteiger partial charge in [-0.25, -0.2) is 4.79 Å². The fourth-order valence-corrected chi connectivity index (χ4v) is 3.39. The molecule has 2 aromatic carbocycles. The van der Waals surface area contributed by atoms with E-state index in [0.717, 1.165) is 17.1 Å². The van der Waals surface area contributed by atoms with Crippen molar-refractivity contribution in [2.24, 2.45) is 0 Å². The van der Waals surface area contributed by atoms with Gasteiger partial charge in [0, 0.05) is 18.1 Å². The zero-order valence-corrected chi connectivity index (χ0v) is 15.6. The maximum atomic E-state index is 12.5. The van der Waals surface area contributed by atoms with E-state index in [9.17, 15) is 9.59 Å². The third-order valence-electron chi connectivity index (χ3n) is 4.07. The predicted molar refractivity (Wildman–Crippen MR) is 103 cm³/mol. The number of hydrogen-bond acceptors (Lipinski definition) is 8. The molecule has 0 aliphatic carbocycles. The first kappa shape index (κ1) is 18.1.